The standard InChI is InChI=1S/C12H16O2.C7H9O3PS/c1-3-14-12(13)10(2)9-11-7-5-4-6-8-11;8-12(9,10)7(11)6-4-2-1-3-5-6/h4-8,10H,3,9H2,1-2H3;1-5,7H,11H2,(H,8,9,10). The van der Waals surface area contributed by atoms with Crippen LogP contribution in [-0.4, -0.2) is 25.5 Å². The zero-order chi connectivity index (χ0) is 19.6. The van der Waals surface area contributed by atoms with E-state index in [4.69, 9.17) is 9.29 Å². The Bertz CT molecular complexity index is 763. The Morgan fingerprint density at radius 1 is 1.08 bits per heavy atom. The van der Waals surface area contributed by atoms with Crippen molar-refractivity contribution in [3.05, 3.63) is 71.8 Å². The third-order valence-corrected chi connectivity index (χ3v) is 5.85. The number of hydrogen-bond donors (Lipinski definition) is 1. The van der Waals surface area contributed by atoms with Gasteiger partial charge in [-0.2, -0.15) is 8.42 Å². The highest BCUT2D eigenvalue weighted by molar-refractivity contribution is 7.90. The largest absolute Gasteiger partial charge is 0.466 e. The van der Waals surface area contributed by atoms with E-state index in [0.717, 1.165) is 6.42 Å². The Kier molecular flexibility index (Phi) is 9.49. The van der Waals surface area contributed by atoms with E-state index in [2.05, 4.69) is 9.24 Å². The minimum absolute atomic E-state index is 0.0580. The lowest BCUT2D eigenvalue weighted by atomic mass is 10.0. The molecule has 0 saturated carbocycles. The molecule has 0 aliphatic rings. The number of hydrogen-bond acceptors (Lipinski definition) is 4. The molecule has 0 aromatic heterocycles. The number of carbonyl (C=O) groups excluding carboxylic acids is 1. The van der Waals surface area contributed by atoms with Crippen molar-refractivity contribution in [2.75, 3.05) is 6.61 Å². The normalized spacial score (nSPS) is 13.1. The molecule has 0 fully saturated rings. The lowest BCUT2D eigenvalue weighted by Gasteiger charge is -2.09. The Morgan fingerprint density at radius 3 is 2.04 bits per heavy atom. The van der Waals surface area contributed by atoms with Gasteiger partial charge in [-0.25, -0.2) is 0 Å². The summed E-state index contributed by atoms with van der Waals surface area (Å²) < 4.78 is 35.0. The third kappa shape index (κ3) is 8.09. The molecule has 0 aliphatic carbocycles. The van der Waals surface area contributed by atoms with Crippen LogP contribution >= 0.6 is 9.24 Å². The molecule has 2 aromatic carbocycles. The molecule has 0 aliphatic heterocycles. The second kappa shape index (κ2) is 11.1. The zero-order valence-corrected chi connectivity index (χ0v) is 16.9. The highest BCUT2D eigenvalue weighted by Gasteiger charge is 2.18. The summed E-state index contributed by atoms with van der Waals surface area (Å²) in [5.41, 5.74) is 1.73. The lowest BCUT2D eigenvalue weighted by molar-refractivity contribution is -0.147. The second-order valence-corrected chi connectivity index (χ2v) is 8.38. The van der Waals surface area contributed by atoms with E-state index >= 15 is 0 Å². The average molecular weight is 396 g/mol. The van der Waals surface area contributed by atoms with Crippen LogP contribution in [0.4, 0.5) is 0 Å². The van der Waals surface area contributed by atoms with Gasteiger partial charge in [-0.05, 0) is 24.5 Å². The van der Waals surface area contributed by atoms with Crippen molar-refractivity contribution >= 4 is 25.3 Å². The van der Waals surface area contributed by atoms with Crippen LogP contribution in [0.1, 0.15) is 30.0 Å². The van der Waals surface area contributed by atoms with Crippen LogP contribution in [0.2, 0.25) is 0 Å². The van der Waals surface area contributed by atoms with E-state index in [1.807, 2.05) is 44.2 Å². The van der Waals surface area contributed by atoms with Crippen molar-refractivity contribution in [2.24, 2.45) is 5.92 Å². The molecule has 3 atom stereocenters. The van der Waals surface area contributed by atoms with Crippen molar-refractivity contribution in [1.82, 2.24) is 0 Å². The van der Waals surface area contributed by atoms with Gasteiger partial charge in [0.1, 0.15) is 4.99 Å². The van der Waals surface area contributed by atoms with Crippen LogP contribution in [0, 0.1) is 5.92 Å². The highest BCUT2D eigenvalue weighted by atomic mass is 32.2. The average Bonchev–Trinajstić information content (AvgIpc) is 2.62. The minimum atomic E-state index is -3.99. The maximum Gasteiger partial charge on any atom is 0.308 e. The van der Waals surface area contributed by atoms with Crippen LogP contribution < -0.4 is 0 Å². The van der Waals surface area contributed by atoms with Crippen molar-refractivity contribution in [1.29, 1.82) is 0 Å². The first-order chi connectivity index (χ1) is 12.3. The molecule has 0 bridgehead atoms. The number of benzene rings is 2. The molecule has 3 unspecified atom stereocenters. The van der Waals surface area contributed by atoms with E-state index in [1.54, 1.807) is 30.3 Å². The third-order valence-electron chi connectivity index (χ3n) is 3.52. The number of rotatable bonds is 6. The molecule has 0 spiro atoms. The van der Waals surface area contributed by atoms with Gasteiger partial charge in [0, 0.05) is 0 Å². The van der Waals surface area contributed by atoms with E-state index in [1.165, 1.54) is 5.56 Å². The van der Waals surface area contributed by atoms with E-state index in [-0.39, 0.29) is 11.9 Å². The van der Waals surface area contributed by atoms with Crippen molar-refractivity contribution in [3.63, 3.8) is 0 Å². The minimum Gasteiger partial charge on any atom is -0.466 e. The van der Waals surface area contributed by atoms with Crippen LogP contribution in [-0.2, 0) is 26.1 Å². The summed E-state index contributed by atoms with van der Waals surface area (Å²) in [5.74, 6) is -0.172. The first-order valence-corrected chi connectivity index (χ1v) is 10.4. The van der Waals surface area contributed by atoms with Gasteiger partial charge in [-0.3, -0.25) is 9.35 Å². The summed E-state index contributed by atoms with van der Waals surface area (Å²) in [6.45, 7) is 4.18. The molecule has 0 amide bonds. The maximum absolute atomic E-state index is 11.3. The molecule has 1 N–H and O–H groups in total. The zero-order valence-electron chi connectivity index (χ0n) is 14.9. The summed E-state index contributed by atoms with van der Waals surface area (Å²) in [4.78, 5) is 10.4. The van der Waals surface area contributed by atoms with Gasteiger partial charge in [0.2, 0.25) is 0 Å². The topological polar surface area (TPSA) is 80.7 Å². The maximum atomic E-state index is 11.3. The van der Waals surface area contributed by atoms with Crippen LogP contribution in [0.3, 0.4) is 0 Å². The highest BCUT2D eigenvalue weighted by Crippen LogP contribution is 2.27. The van der Waals surface area contributed by atoms with Crippen LogP contribution in [0.5, 0.6) is 0 Å². The first-order valence-electron chi connectivity index (χ1n) is 8.23. The predicted molar refractivity (Wildman–Crippen MR) is 106 cm³/mol. The summed E-state index contributed by atoms with van der Waals surface area (Å²) in [6, 6.07) is 18.5. The van der Waals surface area contributed by atoms with Gasteiger partial charge >= 0.3 is 5.97 Å². The molecular weight excluding hydrogens is 371 g/mol. The van der Waals surface area contributed by atoms with Gasteiger partial charge in [0.25, 0.3) is 10.1 Å². The Hall–Kier alpha value is -1.75. The van der Waals surface area contributed by atoms with Crippen molar-refractivity contribution < 1.29 is 22.5 Å². The molecule has 5 nitrogen and oxygen atoms in total. The molecule has 26 heavy (non-hydrogen) atoms. The quantitative estimate of drug-likeness (QED) is 0.455. The van der Waals surface area contributed by atoms with Gasteiger partial charge < -0.3 is 4.74 Å². The molecule has 0 saturated heterocycles. The fraction of sp³-hybridized carbons (Fsp3) is 0.316. The fourth-order valence-corrected chi connectivity index (χ4v) is 2.87. The summed E-state index contributed by atoms with van der Waals surface area (Å²) >= 11 is 0. The Morgan fingerprint density at radius 2 is 1.58 bits per heavy atom. The number of esters is 1. The van der Waals surface area contributed by atoms with Crippen molar-refractivity contribution in [2.45, 2.75) is 25.3 Å². The van der Waals surface area contributed by atoms with E-state index in [9.17, 15) is 13.2 Å². The summed E-state index contributed by atoms with van der Waals surface area (Å²) in [7, 11) is -1.91. The first kappa shape index (κ1) is 22.3. The van der Waals surface area contributed by atoms with Crippen molar-refractivity contribution in [3.8, 4) is 0 Å². The fourth-order valence-electron chi connectivity index (χ4n) is 2.15. The van der Waals surface area contributed by atoms with Crippen LogP contribution in [0.15, 0.2) is 60.7 Å². The summed E-state index contributed by atoms with van der Waals surface area (Å²) in [5, 5.41) is 0. The molecule has 7 heteroatoms. The second-order valence-electron chi connectivity index (χ2n) is 5.69. The molecule has 2 rings (SSSR count). The molecule has 0 radical (unpaired) electrons. The summed E-state index contributed by atoms with van der Waals surface area (Å²) in [6.07, 6.45) is 0.750. The van der Waals surface area contributed by atoms with Gasteiger partial charge in [-0.1, -0.05) is 67.6 Å². The predicted octanol–water partition coefficient (Wildman–Crippen LogP) is 3.88. The molecular formula is C19H25O5PS. The van der Waals surface area contributed by atoms with Crippen LogP contribution in [0.25, 0.3) is 0 Å². The van der Waals surface area contributed by atoms with Gasteiger partial charge in [0.15, 0.2) is 0 Å². The van der Waals surface area contributed by atoms with E-state index < -0.39 is 15.1 Å². The monoisotopic (exact) mass is 396 g/mol. The van der Waals surface area contributed by atoms with Gasteiger partial charge in [-0.15, -0.1) is 9.24 Å². The van der Waals surface area contributed by atoms with Gasteiger partial charge in [0.05, 0.1) is 12.5 Å². The number of ether oxygens (including phenoxy) is 1. The SMILES string of the molecule is CCOC(=O)C(C)Cc1ccccc1.O=S(=O)(O)C(P)c1ccccc1. The smallest absolute Gasteiger partial charge is 0.308 e. The molecule has 142 valence electrons. The molecule has 0 heterocycles. The van der Waals surface area contributed by atoms with E-state index in [0.29, 0.717) is 12.2 Å². The molecule has 2 aromatic rings. The number of carbonyl (C=O) groups is 1. The Labute approximate surface area is 157 Å². The lowest BCUT2D eigenvalue weighted by Crippen LogP contribution is -2.16. The Balaban J connectivity index is 0.000000263.